The van der Waals surface area contributed by atoms with Crippen molar-refractivity contribution in [3.8, 4) is 5.69 Å². The molecule has 0 saturated carbocycles. The van der Waals surface area contributed by atoms with Gasteiger partial charge in [-0.1, -0.05) is 38.5 Å². The molecule has 5 nitrogen and oxygen atoms in total. The zero-order valence-electron chi connectivity index (χ0n) is 17.1. The Kier molecular flexibility index (Phi) is 5.81. The highest BCUT2D eigenvalue weighted by atomic mass is 16.2. The fourth-order valence-corrected chi connectivity index (χ4v) is 4.74. The summed E-state index contributed by atoms with van der Waals surface area (Å²) in [5.74, 6) is 0.831. The molecule has 2 saturated heterocycles. The van der Waals surface area contributed by atoms with E-state index in [1.807, 2.05) is 36.4 Å². The Bertz CT molecular complexity index is 796. The summed E-state index contributed by atoms with van der Waals surface area (Å²) in [5, 5.41) is 7.95. The Morgan fingerprint density at radius 2 is 1.93 bits per heavy atom. The van der Waals surface area contributed by atoms with Crippen molar-refractivity contribution >= 4 is 5.91 Å². The minimum absolute atomic E-state index is 0.0174. The summed E-state index contributed by atoms with van der Waals surface area (Å²) in [6, 6.07) is 12.5. The van der Waals surface area contributed by atoms with Crippen LogP contribution in [-0.2, 0) is 0 Å². The molecule has 0 spiro atoms. The van der Waals surface area contributed by atoms with E-state index in [1.165, 1.54) is 45.2 Å². The van der Waals surface area contributed by atoms with Gasteiger partial charge >= 0.3 is 0 Å². The summed E-state index contributed by atoms with van der Waals surface area (Å²) < 4.78 is 1.79. The number of carbonyl (C=O) groups excluding carboxylic acids is 1. The maximum absolute atomic E-state index is 13.1. The van der Waals surface area contributed by atoms with E-state index in [0.29, 0.717) is 17.7 Å². The average Bonchev–Trinajstić information content (AvgIpc) is 3.18. The van der Waals surface area contributed by atoms with E-state index in [0.717, 1.165) is 17.9 Å². The highest BCUT2D eigenvalue weighted by Crippen LogP contribution is 2.30. The van der Waals surface area contributed by atoms with Crippen molar-refractivity contribution in [1.82, 2.24) is 20.0 Å². The molecule has 150 valence electrons. The molecule has 28 heavy (non-hydrogen) atoms. The minimum Gasteiger partial charge on any atom is -0.350 e. The molecule has 2 atom stereocenters. The number of piperidine rings is 2. The van der Waals surface area contributed by atoms with Gasteiger partial charge in [-0.2, -0.15) is 5.10 Å². The zero-order chi connectivity index (χ0) is 19.5. The lowest BCUT2D eigenvalue weighted by Gasteiger charge is -2.44. The van der Waals surface area contributed by atoms with Crippen LogP contribution in [0.5, 0.6) is 0 Å². The van der Waals surface area contributed by atoms with E-state index in [4.69, 9.17) is 5.10 Å². The Labute approximate surface area is 168 Å². The molecule has 2 unspecified atom stereocenters. The van der Waals surface area contributed by atoms with Crippen LogP contribution in [0.4, 0.5) is 0 Å². The maximum Gasteiger partial charge on any atom is 0.270 e. The van der Waals surface area contributed by atoms with Gasteiger partial charge in [-0.3, -0.25) is 4.79 Å². The Morgan fingerprint density at radius 3 is 2.71 bits per heavy atom. The third-order valence-electron chi connectivity index (χ3n) is 6.31. The maximum atomic E-state index is 13.1. The first-order chi connectivity index (χ1) is 13.6. The molecule has 1 aromatic carbocycles. The first-order valence-electron chi connectivity index (χ1n) is 10.8. The van der Waals surface area contributed by atoms with Crippen molar-refractivity contribution in [1.29, 1.82) is 0 Å². The normalized spacial score (nSPS) is 22.8. The fraction of sp³-hybridized carbons (Fsp3) is 0.565. The molecule has 1 amide bonds. The van der Waals surface area contributed by atoms with Gasteiger partial charge in [0.25, 0.3) is 5.91 Å². The molecule has 2 aliphatic heterocycles. The lowest BCUT2D eigenvalue weighted by Crippen LogP contribution is -2.51. The van der Waals surface area contributed by atoms with E-state index in [-0.39, 0.29) is 11.8 Å². The molecule has 2 aliphatic rings. The van der Waals surface area contributed by atoms with Crippen molar-refractivity contribution in [2.75, 3.05) is 19.6 Å². The minimum atomic E-state index is -0.0174. The van der Waals surface area contributed by atoms with Crippen LogP contribution in [0.1, 0.15) is 68.1 Å². The number of nitrogens with one attached hydrogen (secondary N) is 1. The van der Waals surface area contributed by atoms with Gasteiger partial charge in [-0.25, -0.2) is 4.68 Å². The van der Waals surface area contributed by atoms with Crippen LogP contribution in [0, 0.1) is 5.92 Å². The number of benzene rings is 1. The van der Waals surface area contributed by atoms with Crippen LogP contribution in [0.15, 0.2) is 36.4 Å². The standard InChI is InChI=1S/C23H32N4O/c1-17(2)20-15-22(27(25-20)19-10-4-3-5-11-19)23(28)24-16-18-9-8-14-26-13-7-6-12-21(18)26/h3-5,10-11,15,17-18,21H,6-9,12-14,16H2,1-2H3,(H,24,28). The van der Waals surface area contributed by atoms with E-state index in [2.05, 4.69) is 24.1 Å². The fourth-order valence-electron chi connectivity index (χ4n) is 4.74. The molecule has 2 aromatic rings. The third-order valence-corrected chi connectivity index (χ3v) is 6.31. The van der Waals surface area contributed by atoms with Crippen LogP contribution < -0.4 is 5.32 Å². The molecule has 1 aromatic heterocycles. The van der Waals surface area contributed by atoms with Crippen molar-refractivity contribution in [3.05, 3.63) is 47.8 Å². The van der Waals surface area contributed by atoms with Gasteiger partial charge in [-0.15, -0.1) is 0 Å². The number of aromatic nitrogens is 2. The Balaban J connectivity index is 1.50. The number of rotatable bonds is 5. The Morgan fingerprint density at radius 1 is 1.14 bits per heavy atom. The van der Waals surface area contributed by atoms with Gasteiger partial charge in [0.05, 0.1) is 11.4 Å². The quantitative estimate of drug-likeness (QED) is 0.853. The van der Waals surface area contributed by atoms with Gasteiger partial charge in [-0.05, 0) is 68.8 Å². The number of carbonyl (C=O) groups is 1. The summed E-state index contributed by atoms with van der Waals surface area (Å²) in [6.45, 7) is 7.44. The van der Waals surface area contributed by atoms with Crippen LogP contribution in [0.2, 0.25) is 0 Å². The van der Waals surface area contributed by atoms with Crippen LogP contribution in [0.25, 0.3) is 5.69 Å². The van der Waals surface area contributed by atoms with Crippen molar-refractivity contribution < 1.29 is 4.79 Å². The van der Waals surface area contributed by atoms with E-state index >= 15 is 0 Å². The highest BCUT2D eigenvalue weighted by molar-refractivity contribution is 5.93. The largest absolute Gasteiger partial charge is 0.350 e. The van der Waals surface area contributed by atoms with Crippen LogP contribution in [-0.4, -0.2) is 46.3 Å². The molecular weight excluding hydrogens is 348 g/mol. The van der Waals surface area contributed by atoms with Crippen LogP contribution in [0.3, 0.4) is 0 Å². The average molecular weight is 381 g/mol. The first kappa shape index (κ1) is 19.2. The summed E-state index contributed by atoms with van der Waals surface area (Å²) in [5.41, 5.74) is 2.51. The highest BCUT2D eigenvalue weighted by Gasteiger charge is 2.33. The van der Waals surface area contributed by atoms with Crippen molar-refractivity contribution in [2.45, 2.75) is 57.9 Å². The summed E-state index contributed by atoms with van der Waals surface area (Å²) in [6.07, 6.45) is 6.39. The molecule has 0 aliphatic carbocycles. The number of para-hydroxylation sites is 1. The summed E-state index contributed by atoms with van der Waals surface area (Å²) in [4.78, 5) is 15.7. The number of nitrogens with zero attached hydrogens (tertiary/aromatic N) is 3. The monoisotopic (exact) mass is 380 g/mol. The molecular formula is C23H32N4O. The Hall–Kier alpha value is -2.14. The van der Waals surface area contributed by atoms with Gasteiger partial charge in [0.1, 0.15) is 5.69 Å². The number of fused-ring (bicyclic) bond motifs is 1. The van der Waals surface area contributed by atoms with Gasteiger partial charge in [0, 0.05) is 12.6 Å². The number of amides is 1. The van der Waals surface area contributed by atoms with Gasteiger partial charge in [0.2, 0.25) is 0 Å². The molecule has 4 rings (SSSR count). The second-order valence-electron chi connectivity index (χ2n) is 8.57. The predicted molar refractivity (Wildman–Crippen MR) is 112 cm³/mol. The lowest BCUT2D eigenvalue weighted by molar-refractivity contribution is 0.0574. The predicted octanol–water partition coefficient (Wildman–Crippen LogP) is 3.99. The lowest BCUT2D eigenvalue weighted by atomic mass is 9.83. The van der Waals surface area contributed by atoms with Gasteiger partial charge < -0.3 is 10.2 Å². The molecule has 2 fully saturated rings. The van der Waals surface area contributed by atoms with E-state index < -0.39 is 0 Å². The van der Waals surface area contributed by atoms with Gasteiger partial charge in [0.15, 0.2) is 0 Å². The van der Waals surface area contributed by atoms with Crippen LogP contribution >= 0.6 is 0 Å². The summed E-state index contributed by atoms with van der Waals surface area (Å²) >= 11 is 0. The number of hydrogen-bond acceptors (Lipinski definition) is 3. The van der Waals surface area contributed by atoms with Crippen molar-refractivity contribution in [2.24, 2.45) is 5.92 Å². The first-order valence-corrected chi connectivity index (χ1v) is 10.8. The molecule has 0 radical (unpaired) electrons. The summed E-state index contributed by atoms with van der Waals surface area (Å²) in [7, 11) is 0. The molecule has 3 heterocycles. The molecule has 1 N–H and O–H groups in total. The third kappa shape index (κ3) is 4.00. The topological polar surface area (TPSA) is 50.2 Å². The van der Waals surface area contributed by atoms with E-state index in [9.17, 15) is 4.79 Å². The second kappa shape index (κ2) is 8.48. The smallest absolute Gasteiger partial charge is 0.270 e. The van der Waals surface area contributed by atoms with Crippen molar-refractivity contribution in [3.63, 3.8) is 0 Å². The number of hydrogen-bond donors (Lipinski definition) is 1. The molecule has 0 bridgehead atoms. The SMILES string of the molecule is CC(C)c1cc(C(=O)NCC2CCCN3CCCCC23)n(-c2ccccc2)n1. The zero-order valence-corrected chi connectivity index (χ0v) is 17.1. The second-order valence-corrected chi connectivity index (χ2v) is 8.57. The molecule has 5 heteroatoms. The van der Waals surface area contributed by atoms with E-state index in [1.54, 1.807) is 4.68 Å².